The first-order chi connectivity index (χ1) is 9.47. The van der Waals surface area contributed by atoms with Crippen LogP contribution in [-0.2, 0) is 4.79 Å². The highest BCUT2D eigenvalue weighted by atomic mass is 35.5. The Labute approximate surface area is 125 Å². The topological polar surface area (TPSA) is 75.5 Å². The van der Waals surface area contributed by atoms with Crippen LogP contribution in [0.1, 0.15) is 12.8 Å². The number of halogens is 1. The van der Waals surface area contributed by atoms with E-state index in [2.05, 4.69) is 5.32 Å². The fraction of sp³-hybridized carbons (Fsp3) is 0.333. The molecule has 0 saturated carbocycles. The van der Waals surface area contributed by atoms with E-state index in [1.165, 1.54) is 18.2 Å². The number of hydrogen-bond acceptors (Lipinski definition) is 4. The minimum atomic E-state index is -0.496. The number of piperidine rings is 1. The third kappa shape index (κ3) is 3.43. The van der Waals surface area contributed by atoms with Crippen LogP contribution < -0.4 is 5.32 Å². The summed E-state index contributed by atoms with van der Waals surface area (Å²) in [7, 11) is 0. The van der Waals surface area contributed by atoms with E-state index in [0.717, 1.165) is 0 Å². The number of rotatable bonds is 2. The lowest BCUT2D eigenvalue weighted by atomic mass is 10.1. The highest BCUT2D eigenvalue weighted by Gasteiger charge is 2.19. The van der Waals surface area contributed by atoms with Gasteiger partial charge in [-0.1, -0.05) is 11.6 Å². The van der Waals surface area contributed by atoms with Gasteiger partial charge in [0.1, 0.15) is 5.78 Å². The van der Waals surface area contributed by atoms with E-state index in [9.17, 15) is 14.9 Å². The van der Waals surface area contributed by atoms with Crippen molar-refractivity contribution in [1.29, 1.82) is 0 Å². The number of non-ortho nitro benzene ring substituents is 1. The lowest BCUT2D eigenvalue weighted by Gasteiger charge is -2.28. The molecule has 1 aromatic carbocycles. The fourth-order valence-corrected chi connectivity index (χ4v) is 2.33. The molecule has 8 heteroatoms. The Morgan fingerprint density at radius 3 is 2.65 bits per heavy atom. The normalized spacial score (nSPS) is 15.1. The molecular formula is C12H12ClN3O3S. The Bertz CT molecular complexity index is 569. The number of hydrogen-bond donors (Lipinski definition) is 1. The average molecular weight is 314 g/mol. The number of carbonyl (C=O) groups excluding carboxylic acids is 1. The highest BCUT2D eigenvalue weighted by molar-refractivity contribution is 7.80. The molecule has 6 nitrogen and oxygen atoms in total. The van der Waals surface area contributed by atoms with Crippen LogP contribution in [0.4, 0.5) is 11.4 Å². The average Bonchev–Trinajstić information content (AvgIpc) is 2.41. The van der Waals surface area contributed by atoms with Gasteiger partial charge in [-0.05, 0) is 18.3 Å². The van der Waals surface area contributed by atoms with Crippen LogP contribution >= 0.6 is 23.8 Å². The molecule has 0 radical (unpaired) electrons. The molecule has 106 valence electrons. The van der Waals surface area contributed by atoms with Gasteiger partial charge in [-0.15, -0.1) is 0 Å². The van der Waals surface area contributed by atoms with Gasteiger partial charge in [-0.25, -0.2) is 0 Å². The zero-order valence-electron chi connectivity index (χ0n) is 10.5. The van der Waals surface area contributed by atoms with Crippen molar-refractivity contribution in [2.24, 2.45) is 0 Å². The van der Waals surface area contributed by atoms with E-state index in [1.54, 1.807) is 0 Å². The van der Waals surface area contributed by atoms with Crippen molar-refractivity contribution in [2.45, 2.75) is 12.8 Å². The Hall–Kier alpha value is -1.73. The Morgan fingerprint density at radius 1 is 1.40 bits per heavy atom. The molecule has 1 aliphatic rings. The molecule has 1 saturated heterocycles. The second-order valence-electron chi connectivity index (χ2n) is 4.38. The first-order valence-corrected chi connectivity index (χ1v) is 6.77. The fourth-order valence-electron chi connectivity index (χ4n) is 1.88. The van der Waals surface area contributed by atoms with Gasteiger partial charge in [0.2, 0.25) is 0 Å². The molecule has 0 bridgehead atoms. The first-order valence-electron chi connectivity index (χ1n) is 5.99. The van der Waals surface area contributed by atoms with Gasteiger partial charge in [0, 0.05) is 38.1 Å². The molecule has 2 rings (SSSR count). The van der Waals surface area contributed by atoms with Crippen molar-refractivity contribution in [1.82, 2.24) is 4.90 Å². The molecule has 0 amide bonds. The number of carbonyl (C=O) groups is 1. The van der Waals surface area contributed by atoms with Crippen molar-refractivity contribution in [2.75, 3.05) is 18.4 Å². The van der Waals surface area contributed by atoms with Gasteiger partial charge < -0.3 is 10.2 Å². The van der Waals surface area contributed by atoms with Crippen LogP contribution in [0.3, 0.4) is 0 Å². The standard InChI is InChI=1S/C12H12ClN3O3S/c13-10-2-1-8(16(18)19)7-11(10)14-12(20)15-5-3-9(17)4-6-15/h1-2,7H,3-6H2,(H,14,20). The van der Waals surface area contributed by atoms with E-state index >= 15 is 0 Å². The van der Waals surface area contributed by atoms with E-state index in [-0.39, 0.29) is 11.5 Å². The van der Waals surface area contributed by atoms with Crippen LogP contribution in [0, 0.1) is 10.1 Å². The van der Waals surface area contributed by atoms with Gasteiger partial charge in [0.15, 0.2) is 5.11 Å². The maximum atomic E-state index is 11.2. The van der Waals surface area contributed by atoms with Crippen LogP contribution in [0.25, 0.3) is 0 Å². The van der Waals surface area contributed by atoms with E-state index < -0.39 is 4.92 Å². The van der Waals surface area contributed by atoms with Crippen molar-refractivity contribution in [3.05, 3.63) is 33.3 Å². The number of benzene rings is 1. The quantitative estimate of drug-likeness (QED) is 0.514. The zero-order chi connectivity index (χ0) is 14.7. The van der Waals surface area contributed by atoms with Gasteiger partial charge in [0.25, 0.3) is 5.69 Å². The number of ketones is 1. The molecule has 1 N–H and O–H groups in total. The van der Waals surface area contributed by atoms with E-state index in [1.807, 2.05) is 4.90 Å². The summed E-state index contributed by atoms with van der Waals surface area (Å²) >= 11 is 11.2. The summed E-state index contributed by atoms with van der Waals surface area (Å²) in [6.07, 6.45) is 0.926. The molecule has 1 aliphatic heterocycles. The summed E-state index contributed by atoms with van der Waals surface area (Å²) in [4.78, 5) is 23.3. The maximum absolute atomic E-state index is 11.2. The van der Waals surface area contributed by atoms with Crippen molar-refractivity contribution in [3.63, 3.8) is 0 Å². The number of thiocarbonyl (C=S) groups is 1. The van der Waals surface area contributed by atoms with Crippen LogP contribution in [0.5, 0.6) is 0 Å². The summed E-state index contributed by atoms with van der Waals surface area (Å²) < 4.78 is 0. The Kier molecular flexibility index (Phi) is 4.51. The molecule has 0 spiro atoms. The van der Waals surface area contributed by atoms with Gasteiger partial charge in [-0.2, -0.15) is 0 Å². The number of Topliss-reactive ketones (excluding diaryl/α,β-unsaturated/α-hetero) is 1. The smallest absolute Gasteiger partial charge is 0.271 e. The predicted molar refractivity (Wildman–Crippen MR) is 80.1 cm³/mol. The lowest BCUT2D eigenvalue weighted by molar-refractivity contribution is -0.384. The van der Waals surface area contributed by atoms with Crippen molar-refractivity contribution >= 4 is 46.1 Å². The Morgan fingerprint density at radius 2 is 2.05 bits per heavy atom. The van der Waals surface area contributed by atoms with Crippen LogP contribution in [0.2, 0.25) is 5.02 Å². The third-order valence-corrected chi connectivity index (χ3v) is 3.70. The molecular weight excluding hydrogens is 302 g/mol. The molecule has 1 heterocycles. The van der Waals surface area contributed by atoms with Crippen molar-refractivity contribution in [3.8, 4) is 0 Å². The van der Waals surface area contributed by atoms with E-state index in [4.69, 9.17) is 23.8 Å². The van der Waals surface area contributed by atoms with E-state index in [0.29, 0.717) is 41.8 Å². The molecule has 0 aliphatic carbocycles. The summed E-state index contributed by atoms with van der Waals surface area (Å²) in [5.74, 6) is 0.220. The maximum Gasteiger partial charge on any atom is 0.271 e. The lowest BCUT2D eigenvalue weighted by Crippen LogP contribution is -2.41. The van der Waals surface area contributed by atoms with Crippen molar-refractivity contribution < 1.29 is 9.72 Å². The van der Waals surface area contributed by atoms with Gasteiger partial charge in [-0.3, -0.25) is 14.9 Å². The van der Waals surface area contributed by atoms with Crippen LogP contribution in [-0.4, -0.2) is 33.8 Å². The summed E-state index contributed by atoms with van der Waals surface area (Å²) in [6, 6.07) is 4.12. The zero-order valence-corrected chi connectivity index (χ0v) is 12.0. The SMILES string of the molecule is O=C1CCN(C(=S)Nc2cc([N+](=O)[O-])ccc2Cl)CC1. The molecule has 0 unspecified atom stereocenters. The number of likely N-dealkylation sites (tertiary alicyclic amines) is 1. The number of nitrogens with one attached hydrogen (secondary N) is 1. The minimum Gasteiger partial charge on any atom is -0.348 e. The monoisotopic (exact) mass is 313 g/mol. The highest BCUT2D eigenvalue weighted by Crippen LogP contribution is 2.27. The second-order valence-corrected chi connectivity index (χ2v) is 5.17. The second kappa shape index (κ2) is 6.15. The molecule has 0 atom stereocenters. The van der Waals surface area contributed by atoms with Gasteiger partial charge >= 0.3 is 0 Å². The van der Waals surface area contributed by atoms with Crippen LogP contribution in [0.15, 0.2) is 18.2 Å². The number of nitro benzene ring substituents is 1. The molecule has 1 aromatic rings. The molecule has 0 aromatic heterocycles. The first kappa shape index (κ1) is 14.7. The summed E-state index contributed by atoms with van der Waals surface area (Å²) in [5.41, 5.74) is 0.330. The molecule has 20 heavy (non-hydrogen) atoms. The summed E-state index contributed by atoms with van der Waals surface area (Å²) in [6.45, 7) is 1.11. The number of nitro groups is 1. The third-order valence-electron chi connectivity index (χ3n) is 3.01. The molecule has 1 fully saturated rings. The number of anilines is 1. The van der Waals surface area contributed by atoms with Gasteiger partial charge in [0.05, 0.1) is 15.6 Å². The minimum absolute atomic E-state index is 0.0616. The summed E-state index contributed by atoms with van der Waals surface area (Å²) in [5, 5.41) is 14.4. The largest absolute Gasteiger partial charge is 0.348 e. The number of nitrogens with zero attached hydrogens (tertiary/aromatic N) is 2. The Balaban J connectivity index is 2.09. The predicted octanol–water partition coefficient (Wildman–Crippen LogP) is 2.61.